The molecule has 1 atom stereocenters. The third-order valence-electron chi connectivity index (χ3n) is 6.49. The highest BCUT2D eigenvalue weighted by atomic mass is 16.1. The number of hydrogen-bond acceptors (Lipinski definition) is 3. The number of nitrogens with zero attached hydrogens (tertiary/aromatic N) is 4. The van der Waals surface area contributed by atoms with E-state index in [1.54, 1.807) is 0 Å². The Hall–Kier alpha value is -4.19. The highest BCUT2D eigenvalue weighted by Gasteiger charge is 2.17. The second-order valence-electron chi connectivity index (χ2n) is 9.45. The first-order valence-electron chi connectivity index (χ1n) is 12.4. The van der Waals surface area contributed by atoms with Crippen LogP contribution in [0.25, 0.3) is 16.9 Å². The third kappa shape index (κ3) is 5.08. The molecule has 0 saturated heterocycles. The number of carbonyl (C=O) groups excluding carboxylic acids is 1. The van der Waals surface area contributed by atoms with Crippen molar-refractivity contribution >= 4 is 16.9 Å². The largest absolute Gasteiger partial charge is 0.350 e. The summed E-state index contributed by atoms with van der Waals surface area (Å²) >= 11 is 0. The van der Waals surface area contributed by atoms with Crippen molar-refractivity contribution in [3.05, 3.63) is 113 Å². The number of benzene rings is 2. The molecule has 5 aromatic rings. The van der Waals surface area contributed by atoms with Crippen LogP contribution in [0.3, 0.4) is 0 Å². The maximum Gasteiger partial charge on any atom is 0.251 e. The van der Waals surface area contributed by atoms with E-state index in [0.29, 0.717) is 12.1 Å². The van der Waals surface area contributed by atoms with E-state index in [-0.39, 0.29) is 11.9 Å². The van der Waals surface area contributed by atoms with Gasteiger partial charge in [0.1, 0.15) is 0 Å². The molecule has 5 rings (SSSR count). The van der Waals surface area contributed by atoms with Gasteiger partial charge in [-0.3, -0.25) is 4.79 Å². The summed E-state index contributed by atoms with van der Waals surface area (Å²) in [5, 5.41) is 9.08. The van der Waals surface area contributed by atoms with Crippen molar-refractivity contribution in [2.24, 2.45) is 0 Å². The lowest BCUT2D eigenvalue weighted by Gasteiger charge is -2.14. The van der Waals surface area contributed by atoms with Crippen molar-refractivity contribution in [3.63, 3.8) is 0 Å². The minimum Gasteiger partial charge on any atom is -0.350 e. The number of hydrogen-bond donors (Lipinski definition) is 1. The van der Waals surface area contributed by atoms with Crippen LogP contribution in [-0.2, 0) is 13.0 Å². The highest BCUT2D eigenvalue weighted by Crippen LogP contribution is 2.26. The minimum atomic E-state index is -0.0468. The van der Waals surface area contributed by atoms with Gasteiger partial charge in [0.2, 0.25) is 0 Å². The number of fused-ring (bicyclic) bond motifs is 1. The quantitative estimate of drug-likeness (QED) is 0.315. The zero-order valence-electron chi connectivity index (χ0n) is 21.0. The first-order valence-corrected chi connectivity index (χ1v) is 12.4. The van der Waals surface area contributed by atoms with E-state index < -0.39 is 0 Å². The minimum absolute atomic E-state index is 0.0468. The number of pyridine rings is 1. The maximum atomic E-state index is 12.8. The Morgan fingerprint density at radius 2 is 1.67 bits per heavy atom. The van der Waals surface area contributed by atoms with E-state index in [9.17, 15) is 4.79 Å². The van der Waals surface area contributed by atoms with Gasteiger partial charge in [0.15, 0.2) is 11.5 Å². The topological polar surface area (TPSA) is 64.7 Å². The number of rotatable bonds is 8. The van der Waals surface area contributed by atoms with Gasteiger partial charge in [-0.05, 0) is 80.6 Å². The molecule has 1 N–H and O–H groups in total. The molecule has 6 heteroatoms. The van der Waals surface area contributed by atoms with Gasteiger partial charge in [0.25, 0.3) is 5.91 Å². The van der Waals surface area contributed by atoms with Crippen molar-refractivity contribution in [2.75, 3.05) is 0 Å². The van der Waals surface area contributed by atoms with Gasteiger partial charge in [-0.1, -0.05) is 42.5 Å². The fourth-order valence-electron chi connectivity index (χ4n) is 4.60. The van der Waals surface area contributed by atoms with Gasteiger partial charge in [0, 0.05) is 29.7 Å². The van der Waals surface area contributed by atoms with Crippen LogP contribution >= 0.6 is 0 Å². The third-order valence-corrected chi connectivity index (χ3v) is 6.49. The van der Waals surface area contributed by atoms with E-state index in [1.165, 1.54) is 5.56 Å². The van der Waals surface area contributed by atoms with Crippen LogP contribution in [-0.4, -0.2) is 31.3 Å². The van der Waals surface area contributed by atoms with Crippen molar-refractivity contribution in [3.8, 4) is 5.82 Å². The van der Waals surface area contributed by atoms with Crippen LogP contribution in [0.1, 0.15) is 46.1 Å². The first kappa shape index (κ1) is 23.5. The van der Waals surface area contributed by atoms with Crippen LogP contribution in [0.4, 0.5) is 0 Å². The average molecular weight is 478 g/mol. The second-order valence-corrected chi connectivity index (χ2v) is 9.45. The van der Waals surface area contributed by atoms with Gasteiger partial charge < -0.3 is 9.88 Å². The van der Waals surface area contributed by atoms with Gasteiger partial charge in [-0.15, -0.1) is 0 Å². The molecule has 0 spiro atoms. The smallest absolute Gasteiger partial charge is 0.251 e. The Morgan fingerprint density at radius 1 is 0.944 bits per heavy atom. The van der Waals surface area contributed by atoms with Crippen LogP contribution in [0, 0.1) is 13.8 Å². The Kier molecular flexibility index (Phi) is 6.67. The summed E-state index contributed by atoms with van der Waals surface area (Å²) in [6, 6.07) is 24.3. The summed E-state index contributed by atoms with van der Waals surface area (Å²) < 4.78 is 3.97. The number of amides is 1. The molecule has 0 fully saturated rings. The molecule has 0 aliphatic carbocycles. The number of nitrogens with one attached hydrogen (secondary N) is 1. The molecule has 3 heterocycles. The summed E-state index contributed by atoms with van der Waals surface area (Å²) in [4.78, 5) is 17.6. The summed E-state index contributed by atoms with van der Waals surface area (Å²) in [6.45, 7) is 6.73. The van der Waals surface area contributed by atoms with Crippen LogP contribution in [0.5, 0.6) is 0 Å². The normalized spacial score (nSPS) is 12.1. The first-order chi connectivity index (χ1) is 17.5. The molecule has 1 amide bonds. The molecule has 1 unspecified atom stereocenters. The number of aryl methyl sites for hydroxylation is 3. The predicted molar refractivity (Wildman–Crippen MR) is 144 cm³/mol. The fourth-order valence-corrected chi connectivity index (χ4v) is 4.60. The van der Waals surface area contributed by atoms with Gasteiger partial charge in [-0.2, -0.15) is 5.10 Å². The lowest BCUT2D eigenvalue weighted by molar-refractivity contribution is 0.0938. The molecule has 0 radical (unpaired) electrons. The van der Waals surface area contributed by atoms with Crippen molar-refractivity contribution in [2.45, 2.75) is 46.2 Å². The monoisotopic (exact) mass is 477 g/mol. The second kappa shape index (κ2) is 10.2. The SMILES string of the molecule is Cc1cc(C)c2c(-n3cccc3)nn(Cc3ccc(C(=O)NC(C)CCc4ccccc4)cc3)c2n1. The highest BCUT2D eigenvalue weighted by molar-refractivity contribution is 5.94. The molecule has 2 aromatic carbocycles. The van der Waals surface area contributed by atoms with Crippen LogP contribution in [0.2, 0.25) is 0 Å². The van der Waals surface area contributed by atoms with Crippen molar-refractivity contribution < 1.29 is 4.79 Å². The predicted octanol–water partition coefficient (Wildman–Crippen LogP) is 5.64. The summed E-state index contributed by atoms with van der Waals surface area (Å²) in [7, 11) is 0. The number of aromatic nitrogens is 4. The summed E-state index contributed by atoms with van der Waals surface area (Å²) in [5.74, 6) is 0.829. The van der Waals surface area contributed by atoms with Gasteiger partial charge in [-0.25, -0.2) is 9.67 Å². The molecular formula is C30H31N5O. The standard InChI is InChI=1S/C30H31N5O/c1-21-19-23(3)31-28-27(21)29(34-17-7-8-18-34)33-35(28)20-25-13-15-26(16-14-25)30(36)32-22(2)11-12-24-9-5-4-6-10-24/h4-10,13-19,22H,11-12,20H2,1-3H3,(H,32,36). The number of carbonyl (C=O) groups is 1. The average Bonchev–Trinajstić information content (AvgIpc) is 3.52. The zero-order valence-corrected chi connectivity index (χ0v) is 21.0. The molecule has 6 nitrogen and oxygen atoms in total. The van der Waals surface area contributed by atoms with Gasteiger partial charge in [0.05, 0.1) is 11.9 Å². The van der Waals surface area contributed by atoms with E-state index in [0.717, 1.165) is 46.5 Å². The molecule has 0 aliphatic rings. The Labute approximate surface area is 211 Å². The Bertz CT molecular complexity index is 1470. The Morgan fingerprint density at radius 3 is 2.39 bits per heavy atom. The van der Waals surface area contributed by atoms with E-state index in [2.05, 4.69) is 37.4 Å². The van der Waals surface area contributed by atoms with Crippen molar-refractivity contribution in [1.82, 2.24) is 24.6 Å². The lowest BCUT2D eigenvalue weighted by Crippen LogP contribution is -2.32. The molecule has 3 aromatic heterocycles. The Balaban J connectivity index is 1.30. The summed E-state index contributed by atoms with van der Waals surface area (Å²) in [5.41, 5.74) is 6.00. The van der Waals surface area contributed by atoms with Crippen molar-refractivity contribution in [1.29, 1.82) is 0 Å². The van der Waals surface area contributed by atoms with E-state index in [1.807, 2.05) is 83.2 Å². The molecular weight excluding hydrogens is 446 g/mol. The van der Waals surface area contributed by atoms with E-state index in [4.69, 9.17) is 10.1 Å². The molecule has 0 saturated carbocycles. The lowest BCUT2D eigenvalue weighted by atomic mass is 10.1. The van der Waals surface area contributed by atoms with Crippen LogP contribution in [0.15, 0.2) is 85.2 Å². The summed E-state index contributed by atoms with van der Waals surface area (Å²) in [6.07, 6.45) is 5.84. The zero-order chi connectivity index (χ0) is 25.1. The molecule has 36 heavy (non-hydrogen) atoms. The van der Waals surface area contributed by atoms with Gasteiger partial charge >= 0.3 is 0 Å². The van der Waals surface area contributed by atoms with E-state index >= 15 is 0 Å². The molecule has 0 aliphatic heterocycles. The maximum absolute atomic E-state index is 12.8. The molecule has 0 bridgehead atoms. The molecule has 182 valence electrons. The fraction of sp³-hybridized carbons (Fsp3) is 0.233. The van der Waals surface area contributed by atoms with Crippen LogP contribution < -0.4 is 5.32 Å².